The first-order valence-electron chi connectivity index (χ1n) is 7.77. The maximum atomic E-state index is 13.1. The fourth-order valence-electron chi connectivity index (χ4n) is 2.93. The number of rotatable bonds is 4. The maximum Gasteiger partial charge on any atom is 0.251 e. The molecule has 3 rings (SSSR count). The van der Waals surface area contributed by atoms with Crippen molar-refractivity contribution in [1.82, 2.24) is 15.5 Å². The lowest BCUT2D eigenvalue weighted by atomic mass is 10.0. The number of halogens is 1. The van der Waals surface area contributed by atoms with Crippen LogP contribution in [0.1, 0.15) is 16.8 Å². The van der Waals surface area contributed by atoms with E-state index in [2.05, 4.69) is 10.6 Å². The molecule has 2 atom stereocenters. The van der Waals surface area contributed by atoms with Crippen molar-refractivity contribution >= 4 is 23.6 Å². The average molecular weight is 337 g/mol. The van der Waals surface area contributed by atoms with Crippen LogP contribution >= 0.6 is 11.8 Å². The molecule has 23 heavy (non-hydrogen) atoms. The average Bonchev–Trinajstić information content (AvgIpc) is 3.23. The van der Waals surface area contributed by atoms with Crippen LogP contribution in [-0.4, -0.2) is 54.0 Å². The van der Waals surface area contributed by atoms with E-state index in [4.69, 9.17) is 0 Å². The van der Waals surface area contributed by atoms with Crippen molar-refractivity contribution in [2.24, 2.45) is 5.92 Å². The van der Waals surface area contributed by atoms with Crippen molar-refractivity contribution < 1.29 is 14.0 Å². The number of nitrogens with one attached hydrogen (secondary N) is 2. The number of nitrogens with zero attached hydrogens (tertiary/aromatic N) is 1. The van der Waals surface area contributed by atoms with E-state index in [1.54, 1.807) is 17.8 Å². The zero-order chi connectivity index (χ0) is 16.2. The van der Waals surface area contributed by atoms with Gasteiger partial charge in [0.1, 0.15) is 5.82 Å². The topological polar surface area (TPSA) is 61.4 Å². The molecule has 0 bridgehead atoms. The normalized spacial score (nSPS) is 24.0. The minimum Gasteiger partial charge on any atom is -0.352 e. The van der Waals surface area contributed by atoms with Gasteiger partial charge < -0.3 is 15.5 Å². The van der Waals surface area contributed by atoms with Crippen LogP contribution in [-0.2, 0) is 4.79 Å². The molecule has 2 amide bonds. The molecule has 2 fully saturated rings. The first kappa shape index (κ1) is 16.3. The standard InChI is InChI=1S/C16H20FN3O2S/c17-13-3-1-2-12(7-13)15(21)19-9-11-6-14(18-8-11)16(22)20-4-5-23-10-20/h1-3,7,11,14,18H,4-6,8-10H2,(H,19,21)/t11-,14-/m0/s1. The summed E-state index contributed by atoms with van der Waals surface area (Å²) in [6.45, 7) is 2.02. The van der Waals surface area contributed by atoms with Gasteiger partial charge in [0.2, 0.25) is 5.91 Å². The molecule has 1 aromatic carbocycles. The highest BCUT2D eigenvalue weighted by Crippen LogP contribution is 2.20. The number of hydrogen-bond donors (Lipinski definition) is 2. The van der Waals surface area contributed by atoms with Crippen LogP contribution in [0.25, 0.3) is 0 Å². The van der Waals surface area contributed by atoms with E-state index in [-0.39, 0.29) is 23.8 Å². The molecular formula is C16H20FN3O2S. The highest BCUT2D eigenvalue weighted by Gasteiger charge is 2.33. The van der Waals surface area contributed by atoms with E-state index < -0.39 is 5.82 Å². The summed E-state index contributed by atoms with van der Waals surface area (Å²) in [6.07, 6.45) is 0.726. The zero-order valence-corrected chi connectivity index (χ0v) is 13.6. The smallest absolute Gasteiger partial charge is 0.251 e. The Labute approximate surface area is 139 Å². The lowest BCUT2D eigenvalue weighted by molar-refractivity contribution is -0.131. The number of benzene rings is 1. The van der Waals surface area contributed by atoms with Crippen molar-refractivity contribution in [3.05, 3.63) is 35.6 Å². The van der Waals surface area contributed by atoms with Crippen molar-refractivity contribution in [2.75, 3.05) is 31.3 Å². The molecule has 2 N–H and O–H groups in total. The molecule has 0 unspecified atom stereocenters. The van der Waals surface area contributed by atoms with Crippen molar-refractivity contribution in [3.8, 4) is 0 Å². The van der Waals surface area contributed by atoms with Gasteiger partial charge in [-0.15, -0.1) is 11.8 Å². The summed E-state index contributed by atoms with van der Waals surface area (Å²) < 4.78 is 13.1. The number of carbonyl (C=O) groups is 2. The third-order valence-electron chi connectivity index (χ3n) is 4.22. The van der Waals surface area contributed by atoms with Crippen LogP contribution in [0.4, 0.5) is 4.39 Å². The van der Waals surface area contributed by atoms with E-state index in [1.807, 2.05) is 4.90 Å². The highest BCUT2D eigenvalue weighted by molar-refractivity contribution is 7.99. The van der Waals surface area contributed by atoms with Crippen LogP contribution in [0.5, 0.6) is 0 Å². The monoisotopic (exact) mass is 337 g/mol. The second-order valence-corrected chi connectivity index (χ2v) is 7.00. The van der Waals surface area contributed by atoms with Gasteiger partial charge in [-0.25, -0.2) is 4.39 Å². The number of carbonyl (C=O) groups excluding carboxylic acids is 2. The number of hydrogen-bond acceptors (Lipinski definition) is 4. The number of thioether (sulfide) groups is 1. The van der Waals surface area contributed by atoms with E-state index in [1.165, 1.54) is 18.2 Å². The SMILES string of the molecule is O=C(NC[C@@H]1CN[C@H](C(=O)N2CCSC2)C1)c1cccc(F)c1. The quantitative estimate of drug-likeness (QED) is 0.863. The Bertz CT molecular complexity index is 592. The van der Waals surface area contributed by atoms with Gasteiger partial charge in [-0.1, -0.05) is 6.07 Å². The Hall–Kier alpha value is -1.60. The molecule has 0 saturated carbocycles. The molecule has 2 saturated heterocycles. The molecular weight excluding hydrogens is 317 g/mol. The van der Waals surface area contributed by atoms with Crippen molar-refractivity contribution in [3.63, 3.8) is 0 Å². The Balaban J connectivity index is 1.46. The third-order valence-corrected chi connectivity index (χ3v) is 5.19. The molecule has 2 aliphatic rings. The van der Waals surface area contributed by atoms with Gasteiger partial charge in [0.25, 0.3) is 5.91 Å². The third kappa shape index (κ3) is 4.03. The Morgan fingerprint density at radius 3 is 3.04 bits per heavy atom. The Kier molecular flexibility index (Phi) is 5.17. The van der Waals surface area contributed by atoms with Gasteiger partial charge in [0.15, 0.2) is 0 Å². The first-order valence-corrected chi connectivity index (χ1v) is 8.92. The van der Waals surface area contributed by atoms with Crippen LogP contribution in [0.3, 0.4) is 0 Å². The molecule has 0 aliphatic carbocycles. The minimum atomic E-state index is -0.422. The molecule has 0 aromatic heterocycles. The molecule has 5 nitrogen and oxygen atoms in total. The van der Waals surface area contributed by atoms with E-state index in [0.717, 1.165) is 24.6 Å². The predicted molar refractivity (Wildman–Crippen MR) is 87.7 cm³/mol. The summed E-state index contributed by atoms with van der Waals surface area (Å²) in [5.41, 5.74) is 0.317. The summed E-state index contributed by atoms with van der Waals surface area (Å²) >= 11 is 1.77. The zero-order valence-electron chi connectivity index (χ0n) is 12.8. The second kappa shape index (κ2) is 7.31. The summed E-state index contributed by atoms with van der Waals surface area (Å²) in [4.78, 5) is 26.2. The molecule has 0 spiro atoms. The van der Waals surface area contributed by atoms with Crippen molar-refractivity contribution in [2.45, 2.75) is 12.5 Å². The number of amides is 2. The van der Waals surface area contributed by atoms with Crippen LogP contribution in [0.2, 0.25) is 0 Å². The van der Waals surface area contributed by atoms with Gasteiger partial charge in [0, 0.05) is 31.0 Å². The summed E-state index contributed by atoms with van der Waals surface area (Å²) in [5.74, 6) is 1.46. The molecule has 2 aliphatic heterocycles. The summed E-state index contributed by atoms with van der Waals surface area (Å²) in [5, 5.41) is 6.07. The minimum absolute atomic E-state index is 0.148. The maximum absolute atomic E-state index is 13.1. The van der Waals surface area contributed by atoms with Crippen molar-refractivity contribution in [1.29, 1.82) is 0 Å². The van der Waals surface area contributed by atoms with Gasteiger partial charge in [-0.2, -0.15) is 0 Å². The van der Waals surface area contributed by atoms with Crippen LogP contribution in [0, 0.1) is 11.7 Å². The van der Waals surface area contributed by atoms with Gasteiger partial charge >= 0.3 is 0 Å². The van der Waals surface area contributed by atoms with Gasteiger partial charge in [-0.3, -0.25) is 9.59 Å². The molecule has 1 aromatic rings. The largest absolute Gasteiger partial charge is 0.352 e. The van der Waals surface area contributed by atoms with Crippen LogP contribution < -0.4 is 10.6 Å². The van der Waals surface area contributed by atoms with E-state index in [9.17, 15) is 14.0 Å². The van der Waals surface area contributed by atoms with Gasteiger partial charge in [-0.05, 0) is 30.5 Å². The summed E-state index contributed by atoms with van der Waals surface area (Å²) in [6, 6.07) is 5.49. The fourth-order valence-corrected chi connectivity index (χ4v) is 3.88. The lowest BCUT2D eigenvalue weighted by Gasteiger charge is -2.19. The Morgan fingerprint density at radius 1 is 1.43 bits per heavy atom. The van der Waals surface area contributed by atoms with Gasteiger partial charge in [0.05, 0.1) is 11.9 Å². The van der Waals surface area contributed by atoms with E-state index >= 15 is 0 Å². The molecule has 124 valence electrons. The fraction of sp³-hybridized carbons (Fsp3) is 0.500. The molecule has 0 radical (unpaired) electrons. The lowest BCUT2D eigenvalue weighted by Crippen LogP contribution is -2.42. The van der Waals surface area contributed by atoms with E-state index in [0.29, 0.717) is 18.7 Å². The Morgan fingerprint density at radius 2 is 2.30 bits per heavy atom. The summed E-state index contributed by atoms with van der Waals surface area (Å²) in [7, 11) is 0. The predicted octanol–water partition coefficient (Wildman–Crippen LogP) is 1.07. The first-order chi connectivity index (χ1) is 11.1. The second-order valence-electron chi connectivity index (χ2n) is 5.92. The highest BCUT2D eigenvalue weighted by atomic mass is 32.2. The molecule has 2 heterocycles. The van der Waals surface area contributed by atoms with Crippen LogP contribution in [0.15, 0.2) is 24.3 Å². The molecule has 7 heteroatoms.